The summed E-state index contributed by atoms with van der Waals surface area (Å²) >= 11 is 5.86. The lowest BCUT2D eigenvalue weighted by Gasteiger charge is -2.17. The van der Waals surface area contributed by atoms with Crippen LogP contribution in [0.2, 0.25) is 5.02 Å². The number of esters is 1. The van der Waals surface area contributed by atoms with Crippen molar-refractivity contribution in [3.63, 3.8) is 0 Å². The number of hydrogen-bond acceptors (Lipinski definition) is 4. The van der Waals surface area contributed by atoms with Gasteiger partial charge < -0.3 is 14.8 Å². The zero-order valence-electron chi connectivity index (χ0n) is 16.2. The molecular formula is C24H20ClNO4. The Morgan fingerprint density at radius 3 is 2.40 bits per heavy atom. The minimum Gasteiger partial charge on any atom is -0.497 e. The molecule has 3 rings (SSSR count). The number of amides is 1. The average Bonchev–Trinajstić information content (AvgIpc) is 2.77. The highest BCUT2D eigenvalue weighted by Crippen LogP contribution is 2.22. The van der Waals surface area contributed by atoms with Crippen LogP contribution < -0.4 is 10.1 Å². The van der Waals surface area contributed by atoms with E-state index in [0.717, 1.165) is 5.56 Å². The Kier molecular flexibility index (Phi) is 7.24. The smallest absolute Gasteiger partial charge is 0.331 e. The van der Waals surface area contributed by atoms with Crippen molar-refractivity contribution in [2.75, 3.05) is 12.4 Å². The third kappa shape index (κ3) is 5.96. The number of hydrogen-bond donors (Lipinski definition) is 1. The number of halogens is 1. The summed E-state index contributed by atoms with van der Waals surface area (Å²) in [6.07, 6.45) is 1.76. The van der Waals surface area contributed by atoms with Crippen molar-refractivity contribution in [2.45, 2.75) is 6.10 Å². The predicted octanol–water partition coefficient (Wildman–Crippen LogP) is 5.29. The first-order chi connectivity index (χ1) is 14.5. The van der Waals surface area contributed by atoms with Crippen LogP contribution in [0.5, 0.6) is 5.75 Å². The van der Waals surface area contributed by atoms with E-state index in [2.05, 4.69) is 5.32 Å². The van der Waals surface area contributed by atoms with Gasteiger partial charge in [0.1, 0.15) is 5.75 Å². The summed E-state index contributed by atoms with van der Waals surface area (Å²) in [6, 6.07) is 22.8. The first kappa shape index (κ1) is 21.1. The molecule has 0 radical (unpaired) electrons. The van der Waals surface area contributed by atoms with Gasteiger partial charge in [-0.2, -0.15) is 0 Å². The Morgan fingerprint density at radius 2 is 1.70 bits per heavy atom. The van der Waals surface area contributed by atoms with Gasteiger partial charge in [0, 0.05) is 28.4 Å². The zero-order valence-corrected chi connectivity index (χ0v) is 17.0. The van der Waals surface area contributed by atoms with E-state index in [1.165, 1.54) is 6.08 Å². The number of rotatable bonds is 7. The average molecular weight is 422 g/mol. The van der Waals surface area contributed by atoms with Gasteiger partial charge in [-0.15, -0.1) is 0 Å². The quantitative estimate of drug-likeness (QED) is 0.416. The van der Waals surface area contributed by atoms with Crippen LogP contribution >= 0.6 is 11.6 Å². The summed E-state index contributed by atoms with van der Waals surface area (Å²) in [5.41, 5.74) is 1.88. The van der Waals surface area contributed by atoms with E-state index >= 15 is 0 Å². The summed E-state index contributed by atoms with van der Waals surface area (Å²) in [4.78, 5) is 25.3. The first-order valence-electron chi connectivity index (χ1n) is 9.19. The SMILES string of the molecule is COc1cccc(NC(=O)C(OC(=O)/C=C/c2ccc(Cl)cc2)c2ccccc2)c1. The lowest BCUT2D eigenvalue weighted by Crippen LogP contribution is -2.25. The highest BCUT2D eigenvalue weighted by atomic mass is 35.5. The summed E-state index contributed by atoms with van der Waals surface area (Å²) < 4.78 is 10.7. The molecule has 1 unspecified atom stereocenters. The molecule has 1 amide bonds. The van der Waals surface area contributed by atoms with Crippen LogP contribution in [0.1, 0.15) is 17.2 Å². The van der Waals surface area contributed by atoms with Crippen molar-refractivity contribution in [3.8, 4) is 5.75 Å². The Labute approximate surface area is 179 Å². The maximum absolute atomic E-state index is 12.9. The van der Waals surface area contributed by atoms with Crippen molar-refractivity contribution in [3.05, 3.63) is 101 Å². The van der Waals surface area contributed by atoms with E-state index in [9.17, 15) is 9.59 Å². The minimum absolute atomic E-state index is 0.470. The third-order valence-corrected chi connectivity index (χ3v) is 4.45. The lowest BCUT2D eigenvalue weighted by atomic mass is 10.1. The van der Waals surface area contributed by atoms with Crippen molar-refractivity contribution >= 4 is 35.2 Å². The highest BCUT2D eigenvalue weighted by Gasteiger charge is 2.24. The van der Waals surface area contributed by atoms with E-state index in [1.807, 2.05) is 6.07 Å². The molecule has 0 aromatic heterocycles. The van der Waals surface area contributed by atoms with E-state index in [0.29, 0.717) is 22.0 Å². The molecule has 1 N–H and O–H groups in total. The van der Waals surface area contributed by atoms with Crippen molar-refractivity contribution in [1.82, 2.24) is 0 Å². The number of benzene rings is 3. The van der Waals surface area contributed by atoms with Crippen LogP contribution in [-0.4, -0.2) is 19.0 Å². The van der Waals surface area contributed by atoms with Gasteiger partial charge in [0.2, 0.25) is 6.10 Å². The van der Waals surface area contributed by atoms with E-state index in [1.54, 1.807) is 86.0 Å². The number of methoxy groups -OCH3 is 1. The molecule has 0 aliphatic rings. The zero-order chi connectivity index (χ0) is 21.3. The number of nitrogens with one attached hydrogen (secondary N) is 1. The molecule has 0 fully saturated rings. The van der Waals surface area contributed by atoms with E-state index in [4.69, 9.17) is 21.1 Å². The van der Waals surface area contributed by atoms with Gasteiger partial charge in [-0.05, 0) is 35.9 Å². The second-order valence-electron chi connectivity index (χ2n) is 6.33. The topological polar surface area (TPSA) is 64.6 Å². The molecule has 30 heavy (non-hydrogen) atoms. The van der Waals surface area contributed by atoms with E-state index in [-0.39, 0.29) is 0 Å². The summed E-state index contributed by atoms with van der Waals surface area (Å²) in [7, 11) is 1.54. The Hall–Kier alpha value is -3.57. The molecule has 0 spiro atoms. The second kappa shape index (κ2) is 10.3. The van der Waals surface area contributed by atoms with Crippen LogP contribution in [0.4, 0.5) is 5.69 Å². The Balaban J connectivity index is 1.76. The molecule has 3 aromatic carbocycles. The number of carbonyl (C=O) groups excluding carboxylic acids is 2. The van der Waals surface area contributed by atoms with Crippen LogP contribution in [0.15, 0.2) is 84.9 Å². The molecule has 5 nitrogen and oxygen atoms in total. The fourth-order valence-corrected chi connectivity index (χ4v) is 2.83. The van der Waals surface area contributed by atoms with Gasteiger partial charge >= 0.3 is 5.97 Å². The fraction of sp³-hybridized carbons (Fsp3) is 0.0833. The molecule has 0 bridgehead atoms. The van der Waals surface area contributed by atoms with Crippen LogP contribution in [0.3, 0.4) is 0 Å². The largest absolute Gasteiger partial charge is 0.497 e. The van der Waals surface area contributed by atoms with Crippen molar-refractivity contribution in [1.29, 1.82) is 0 Å². The maximum Gasteiger partial charge on any atom is 0.331 e. The van der Waals surface area contributed by atoms with Gasteiger partial charge in [-0.25, -0.2) is 4.79 Å². The van der Waals surface area contributed by atoms with Gasteiger partial charge in [-0.1, -0.05) is 60.1 Å². The molecular weight excluding hydrogens is 402 g/mol. The highest BCUT2D eigenvalue weighted by molar-refractivity contribution is 6.30. The maximum atomic E-state index is 12.9. The molecule has 0 saturated heterocycles. The van der Waals surface area contributed by atoms with Gasteiger partial charge in [0.15, 0.2) is 0 Å². The van der Waals surface area contributed by atoms with Gasteiger partial charge in [-0.3, -0.25) is 4.79 Å². The van der Waals surface area contributed by atoms with Crippen LogP contribution in [0.25, 0.3) is 6.08 Å². The number of anilines is 1. The third-order valence-electron chi connectivity index (χ3n) is 4.19. The number of ether oxygens (including phenoxy) is 2. The molecule has 6 heteroatoms. The normalized spacial score (nSPS) is 11.7. The fourth-order valence-electron chi connectivity index (χ4n) is 2.70. The van der Waals surface area contributed by atoms with Crippen LogP contribution in [0, 0.1) is 0 Å². The molecule has 3 aromatic rings. The summed E-state index contributed by atoms with van der Waals surface area (Å²) in [5, 5.41) is 3.37. The minimum atomic E-state index is -1.11. The van der Waals surface area contributed by atoms with Crippen LogP contribution in [-0.2, 0) is 14.3 Å². The summed E-state index contributed by atoms with van der Waals surface area (Å²) in [5.74, 6) is -0.505. The molecule has 1 atom stereocenters. The molecule has 0 saturated carbocycles. The van der Waals surface area contributed by atoms with Crippen molar-refractivity contribution < 1.29 is 19.1 Å². The van der Waals surface area contributed by atoms with Crippen molar-refractivity contribution in [2.24, 2.45) is 0 Å². The predicted molar refractivity (Wildman–Crippen MR) is 117 cm³/mol. The molecule has 0 heterocycles. The standard InChI is InChI=1S/C24H20ClNO4/c1-29-21-9-5-8-20(16-21)26-24(28)23(18-6-3-2-4-7-18)30-22(27)15-12-17-10-13-19(25)14-11-17/h2-16,23H,1H3,(H,26,28)/b15-12+. The monoisotopic (exact) mass is 421 g/mol. The first-order valence-corrected chi connectivity index (χ1v) is 9.57. The lowest BCUT2D eigenvalue weighted by molar-refractivity contribution is -0.149. The Morgan fingerprint density at radius 1 is 0.967 bits per heavy atom. The number of carbonyl (C=O) groups is 2. The summed E-state index contributed by atoms with van der Waals surface area (Å²) in [6.45, 7) is 0. The van der Waals surface area contributed by atoms with Gasteiger partial charge in [0.25, 0.3) is 5.91 Å². The second-order valence-corrected chi connectivity index (χ2v) is 6.77. The molecule has 0 aliphatic heterocycles. The molecule has 0 aliphatic carbocycles. The van der Waals surface area contributed by atoms with E-state index < -0.39 is 18.0 Å². The molecule has 152 valence electrons. The van der Waals surface area contributed by atoms with Gasteiger partial charge in [0.05, 0.1) is 7.11 Å². The Bertz CT molecular complexity index is 1030.